The molecule has 35 heavy (non-hydrogen) atoms. The van der Waals surface area contributed by atoms with E-state index in [4.69, 9.17) is 9.47 Å². The van der Waals surface area contributed by atoms with Gasteiger partial charge in [0, 0.05) is 42.1 Å². The number of methoxy groups -OCH3 is 1. The number of amides is 2. The van der Waals surface area contributed by atoms with Crippen molar-refractivity contribution >= 4 is 22.7 Å². The molecule has 1 fully saturated rings. The maximum absolute atomic E-state index is 14.0. The van der Waals surface area contributed by atoms with Gasteiger partial charge < -0.3 is 24.3 Å². The third-order valence-electron chi connectivity index (χ3n) is 7.36. The minimum Gasteiger partial charge on any atom is -0.496 e. The molecule has 3 aromatic rings. The van der Waals surface area contributed by atoms with Crippen molar-refractivity contribution in [2.24, 2.45) is 0 Å². The van der Waals surface area contributed by atoms with Gasteiger partial charge in [-0.25, -0.2) is 0 Å². The van der Waals surface area contributed by atoms with Crippen LogP contribution in [0.15, 0.2) is 48.5 Å². The van der Waals surface area contributed by atoms with Gasteiger partial charge in [-0.05, 0) is 44.9 Å². The van der Waals surface area contributed by atoms with E-state index in [1.54, 1.807) is 16.9 Å². The number of carbonyl (C=O) groups excluding carboxylic acids is 2. The van der Waals surface area contributed by atoms with Gasteiger partial charge in [0.1, 0.15) is 5.75 Å². The standard InChI is InChI=1S/C28H33N3O4/c1-18(2)35-15-9-14-30-17-24(32)31-16-21(19-10-6-8-13-23(19)34-4)25-20-11-5-7-12-22(20)29-26(25)28(31,3)27(30)33/h5-8,10-13,18,21,29H,9,14-17H2,1-4H3. The molecule has 1 aromatic heterocycles. The molecule has 0 aliphatic carbocycles. The number of ether oxygens (including phenoxy) is 2. The Morgan fingerprint density at radius 2 is 1.86 bits per heavy atom. The number of nitrogens with zero attached hydrogens (tertiary/aromatic N) is 2. The molecule has 1 N–H and O–H groups in total. The van der Waals surface area contributed by atoms with Crippen molar-refractivity contribution in [3.8, 4) is 5.75 Å². The summed E-state index contributed by atoms with van der Waals surface area (Å²) >= 11 is 0. The zero-order valence-electron chi connectivity index (χ0n) is 20.8. The van der Waals surface area contributed by atoms with E-state index in [1.807, 2.05) is 57.2 Å². The third-order valence-corrected chi connectivity index (χ3v) is 7.36. The van der Waals surface area contributed by atoms with E-state index in [0.29, 0.717) is 26.1 Å². The van der Waals surface area contributed by atoms with Crippen molar-refractivity contribution in [1.82, 2.24) is 14.8 Å². The first kappa shape index (κ1) is 23.4. The highest BCUT2D eigenvalue weighted by Gasteiger charge is 2.56. The maximum Gasteiger partial charge on any atom is 0.254 e. The molecule has 2 aliphatic rings. The van der Waals surface area contributed by atoms with Crippen LogP contribution in [0.1, 0.15) is 49.9 Å². The summed E-state index contributed by atoms with van der Waals surface area (Å²) in [6, 6.07) is 16.0. The second-order valence-corrected chi connectivity index (χ2v) is 9.83. The summed E-state index contributed by atoms with van der Waals surface area (Å²) in [6.07, 6.45) is 0.831. The van der Waals surface area contributed by atoms with Gasteiger partial charge in [0.25, 0.3) is 5.91 Å². The number of aromatic amines is 1. The fourth-order valence-corrected chi connectivity index (χ4v) is 5.67. The molecule has 0 spiro atoms. The van der Waals surface area contributed by atoms with Gasteiger partial charge >= 0.3 is 0 Å². The summed E-state index contributed by atoms with van der Waals surface area (Å²) in [6.45, 7) is 7.43. The van der Waals surface area contributed by atoms with E-state index < -0.39 is 5.54 Å². The highest BCUT2D eigenvalue weighted by Crippen LogP contribution is 2.49. The molecular weight excluding hydrogens is 442 g/mol. The van der Waals surface area contributed by atoms with Crippen LogP contribution in [0, 0.1) is 0 Å². The lowest BCUT2D eigenvalue weighted by Crippen LogP contribution is -2.67. The quantitative estimate of drug-likeness (QED) is 0.524. The highest BCUT2D eigenvalue weighted by molar-refractivity contribution is 6.01. The topological polar surface area (TPSA) is 74.9 Å². The zero-order chi connectivity index (χ0) is 24.7. The molecule has 2 aromatic carbocycles. The molecule has 184 valence electrons. The first-order valence-electron chi connectivity index (χ1n) is 12.3. The van der Waals surface area contributed by atoms with E-state index in [2.05, 4.69) is 17.1 Å². The lowest BCUT2D eigenvalue weighted by Gasteiger charge is -2.51. The van der Waals surface area contributed by atoms with Crippen LogP contribution in [0.2, 0.25) is 0 Å². The van der Waals surface area contributed by atoms with Crippen molar-refractivity contribution in [3.05, 3.63) is 65.4 Å². The number of aromatic nitrogens is 1. The lowest BCUT2D eigenvalue weighted by molar-refractivity contribution is -0.166. The van der Waals surface area contributed by atoms with Gasteiger partial charge in [-0.3, -0.25) is 9.59 Å². The molecule has 3 heterocycles. The monoisotopic (exact) mass is 475 g/mol. The molecule has 0 radical (unpaired) electrons. The van der Waals surface area contributed by atoms with Crippen molar-refractivity contribution in [1.29, 1.82) is 0 Å². The smallest absolute Gasteiger partial charge is 0.254 e. The number of hydrogen-bond donors (Lipinski definition) is 1. The molecule has 7 nitrogen and oxygen atoms in total. The fourth-order valence-electron chi connectivity index (χ4n) is 5.67. The number of rotatable bonds is 7. The average Bonchev–Trinajstić information content (AvgIpc) is 3.25. The van der Waals surface area contributed by atoms with Gasteiger partial charge in [-0.15, -0.1) is 0 Å². The SMILES string of the molecule is COc1ccccc1C1CN2C(=O)CN(CCCOC(C)C)C(=O)C2(C)c2[nH]c3ccccc3c21. The van der Waals surface area contributed by atoms with Crippen molar-refractivity contribution in [2.45, 2.75) is 44.8 Å². The van der Waals surface area contributed by atoms with Crippen LogP contribution in [0.3, 0.4) is 0 Å². The molecule has 7 heteroatoms. The first-order valence-corrected chi connectivity index (χ1v) is 12.3. The van der Waals surface area contributed by atoms with E-state index in [0.717, 1.165) is 33.5 Å². The van der Waals surface area contributed by atoms with Crippen LogP contribution < -0.4 is 4.74 Å². The summed E-state index contributed by atoms with van der Waals surface area (Å²) in [5.41, 5.74) is 2.73. The Balaban J connectivity index is 1.61. The normalized spacial score (nSPS) is 22.0. The Morgan fingerprint density at radius 1 is 1.11 bits per heavy atom. The van der Waals surface area contributed by atoms with Crippen molar-refractivity contribution in [2.75, 3.05) is 33.4 Å². The molecule has 2 amide bonds. The second-order valence-electron chi connectivity index (χ2n) is 9.83. The van der Waals surface area contributed by atoms with Crippen molar-refractivity contribution < 1.29 is 19.1 Å². The maximum atomic E-state index is 14.0. The highest BCUT2D eigenvalue weighted by atomic mass is 16.5. The number of H-pyrrole nitrogens is 1. The number of carbonyl (C=O) groups is 2. The van der Waals surface area contributed by atoms with E-state index in [9.17, 15) is 9.59 Å². The third kappa shape index (κ3) is 3.78. The Hall–Kier alpha value is -3.32. The minimum atomic E-state index is -1.10. The van der Waals surface area contributed by atoms with Gasteiger partial charge in [0.15, 0.2) is 5.54 Å². The van der Waals surface area contributed by atoms with Crippen LogP contribution in [0.25, 0.3) is 10.9 Å². The predicted molar refractivity (Wildman–Crippen MR) is 134 cm³/mol. The summed E-state index contributed by atoms with van der Waals surface area (Å²) in [5.74, 6) is 0.571. The van der Waals surface area contributed by atoms with Gasteiger partial charge in [-0.2, -0.15) is 0 Å². The molecule has 2 unspecified atom stereocenters. The second kappa shape index (κ2) is 9.04. The van der Waals surface area contributed by atoms with E-state index in [1.165, 1.54) is 0 Å². The fraction of sp³-hybridized carbons (Fsp3) is 0.429. The summed E-state index contributed by atoms with van der Waals surface area (Å²) in [4.78, 5) is 34.6. The van der Waals surface area contributed by atoms with E-state index in [-0.39, 0.29) is 30.4 Å². The number of piperazine rings is 1. The van der Waals surface area contributed by atoms with Gasteiger partial charge in [0.05, 0.1) is 25.5 Å². The molecular formula is C28H33N3O4. The number of nitrogens with one attached hydrogen (secondary N) is 1. The first-order chi connectivity index (χ1) is 16.9. The summed E-state index contributed by atoms with van der Waals surface area (Å²) < 4.78 is 11.4. The Bertz CT molecular complexity index is 1270. The average molecular weight is 476 g/mol. The number of hydrogen-bond acceptors (Lipinski definition) is 4. The van der Waals surface area contributed by atoms with Gasteiger partial charge in [-0.1, -0.05) is 36.4 Å². The van der Waals surface area contributed by atoms with Crippen molar-refractivity contribution in [3.63, 3.8) is 0 Å². The summed E-state index contributed by atoms with van der Waals surface area (Å²) in [7, 11) is 1.67. The zero-order valence-corrected chi connectivity index (χ0v) is 20.8. The minimum absolute atomic E-state index is 0.0407. The largest absolute Gasteiger partial charge is 0.496 e. The predicted octanol–water partition coefficient (Wildman–Crippen LogP) is 4.02. The van der Waals surface area contributed by atoms with Gasteiger partial charge in [0.2, 0.25) is 5.91 Å². The molecule has 0 bridgehead atoms. The number of fused-ring (bicyclic) bond motifs is 5. The Morgan fingerprint density at radius 3 is 2.63 bits per heavy atom. The van der Waals surface area contributed by atoms with Crippen LogP contribution >= 0.6 is 0 Å². The van der Waals surface area contributed by atoms with Crippen LogP contribution in [-0.2, 0) is 19.9 Å². The lowest BCUT2D eigenvalue weighted by atomic mass is 9.76. The molecule has 0 saturated carbocycles. The molecule has 2 aliphatic heterocycles. The molecule has 1 saturated heterocycles. The van der Waals surface area contributed by atoms with Crippen LogP contribution in [0.5, 0.6) is 5.75 Å². The number of para-hydroxylation sites is 2. The van der Waals surface area contributed by atoms with E-state index >= 15 is 0 Å². The summed E-state index contributed by atoms with van der Waals surface area (Å²) in [5, 5.41) is 1.07. The van der Waals surface area contributed by atoms with Crippen LogP contribution in [0.4, 0.5) is 0 Å². The molecule has 5 rings (SSSR count). The number of benzene rings is 2. The Kier molecular flexibility index (Phi) is 6.05. The molecule has 2 atom stereocenters. The van der Waals surface area contributed by atoms with Crippen LogP contribution in [-0.4, -0.2) is 66.1 Å². The Labute approximate surface area is 206 Å².